The van der Waals surface area contributed by atoms with Crippen LogP contribution in [0.2, 0.25) is 0 Å². The lowest BCUT2D eigenvalue weighted by atomic mass is 10.1. The Bertz CT molecular complexity index is 1050. The van der Waals surface area contributed by atoms with Crippen LogP contribution in [0, 0.1) is 22.9 Å². The fourth-order valence-electron chi connectivity index (χ4n) is 2.53. The molecular weight excluding hydrogens is 385 g/mol. The summed E-state index contributed by atoms with van der Waals surface area (Å²) in [5.41, 5.74) is 1.48. The van der Waals surface area contributed by atoms with Gasteiger partial charge in [0.25, 0.3) is 0 Å². The topological polar surface area (TPSA) is 103 Å². The number of halogens is 1. The van der Waals surface area contributed by atoms with E-state index >= 15 is 0 Å². The Morgan fingerprint density at radius 3 is 2.79 bits per heavy atom. The van der Waals surface area contributed by atoms with Gasteiger partial charge in [0.05, 0.1) is 10.7 Å². The maximum absolute atomic E-state index is 13.4. The number of hydrogen-bond donors (Lipinski definition) is 1. The molecule has 28 heavy (non-hydrogen) atoms. The van der Waals surface area contributed by atoms with Crippen molar-refractivity contribution in [3.63, 3.8) is 0 Å². The van der Waals surface area contributed by atoms with Crippen LogP contribution in [-0.4, -0.2) is 31.3 Å². The molecule has 0 saturated heterocycles. The van der Waals surface area contributed by atoms with Crippen molar-refractivity contribution in [1.29, 1.82) is 0 Å². The number of carbonyl (C=O) groups excluding carboxylic acids is 1. The van der Waals surface area contributed by atoms with E-state index < -0.39 is 22.3 Å². The van der Waals surface area contributed by atoms with Crippen LogP contribution in [0.4, 0.5) is 15.8 Å². The van der Waals surface area contributed by atoms with E-state index in [1.165, 1.54) is 17.8 Å². The molecule has 0 bridgehead atoms. The number of nitro groups is 1. The van der Waals surface area contributed by atoms with Crippen LogP contribution in [0.1, 0.15) is 5.56 Å². The molecule has 0 aliphatic heterocycles. The van der Waals surface area contributed by atoms with Gasteiger partial charge in [0, 0.05) is 24.4 Å². The predicted molar refractivity (Wildman–Crippen MR) is 104 cm³/mol. The molecule has 0 aliphatic carbocycles. The van der Waals surface area contributed by atoms with Gasteiger partial charge >= 0.3 is 5.69 Å². The van der Waals surface area contributed by atoms with Gasteiger partial charge in [-0.15, -0.1) is 10.2 Å². The summed E-state index contributed by atoms with van der Waals surface area (Å²) in [7, 11) is 1.81. The minimum atomic E-state index is -0.958. The Labute approximate surface area is 163 Å². The zero-order chi connectivity index (χ0) is 20.3. The number of anilines is 1. The Hall–Kier alpha value is -3.27. The molecule has 144 valence electrons. The van der Waals surface area contributed by atoms with E-state index in [0.717, 1.165) is 23.3 Å². The third-order valence-electron chi connectivity index (χ3n) is 3.87. The fraction of sp³-hybridized carbons (Fsp3) is 0.167. The summed E-state index contributed by atoms with van der Waals surface area (Å²) in [5.74, 6) is -0.655. The highest BCUT2D eigenvalue weighted by Gasteiger charge is 2.16. The van der Waals surface area contributed by atoms with Gasteiger partial charge in [0.1, 0.15) is 0 Å². The van der Waals surface area contributed by atoms with Crippen LogP contribution in [0.5, 0.6) is 0 Å². The number of benzene rings is 2. The zero-order valence-corrected chi connectivity index (χ0v) is 15.9. The summed E-state index contributed by atoms with van der Waals surface area (Å²) in [5, 5.41) is 22.1. The number of hydrogen-bond acceptors (Lipinski definition) is 6. The number of nitrogens with zero attached hydrogens (tertiary/aromatic N) is 4. The average Bonchev–Trinajstić information content (AvgIpc) is 3.02. The molecule has 0 radical (unpaired) electrons. The second kappa shape index (κ2) is 8.17. The van der Waals surface area contributed by atoms with E-state index in [-0.39, 0.29) is 11.4 Å². The second-order valence-corrected chi connectivity index (χ2v) is 6.94. The molecule has 0 unspecified atom stereocenters. The van der Waals surface area contributed by atoms with Gasteiger partial charge in [0.2, 0.25) is 11.7 Å². The van der Waals surface area contributed by atoms with Gasteiger partial charge in [-0.1, -0.05) is 35.5 Å². The van der Waals surface area contributed by atoms with E-state index in [1.54, 1.807) is 11.6 Å². The van der Waals surface area contributed by atoms with Crippen molar-refractivity contribution in [3.8, 4) is 11.4 Å². The third kappa shape index (κ3) is 4.34. The standard InChI is InChI=1S/C18H16FN5O3S/c1-11-4-3-5-12(8-11)17-21-22-18(23(17)2)28-10-16(25)20-13-6-7-14(19)15(9-13)24(26)27/h3-9H,10H2,1-2H3,(H,20,25). The molecule has 0 fully saturated rings. The molecule has 1 N–H and O–H groups in total. The van der Waals surface area contributed by atoms with Gasteiger partial charge < -0.3 is 9.88 Å². The molecule has 8 nitrogen and oxygen atoms in total. The Kier molecular flexibility index (Phi) is 5.69. The number of rotatable bonds is 6. The predicted octanol–water partition coefficient (Wildman–Crippen LogP) is 3.57. The minimum absolute atomic E-state index is 0.0188. The SMILES string of the molecule is Cc1cccc(-c2nnc(SCC(=O)Nc3ccc(F)c([N+](=O)[O-])c3)n2C)c1. The molecule has 10 heteroatoms. The fourth-order valence-corrected chi connectivity index (χ4v) is 3.24. The molecule has 0 aliphatic rings. The van der Waals surface area contributed by atoms with Crippen molar-refractivity contribution in [3.05, 3.63) is 64.0 Å². The van der Waals surface area contributed by atoms with Gasteiger partial charge in [-0.2, -0.15) is 4.39 Å². The second-order valence-electron chi connectivity index (χ2n) is 5.99. The number of nitrogens with one attached hydrogen (secondary N) is 1. The average molecular weight is 401 g/mol. The van der Waals surface area contributed by atoms with Crippen molar-refractivity contribution < 1.29 is 14.1 Å². The number of aryl methyl sites for hydroxylation is 1. The van der Waals surface area contributed by atoms with E-state index in [9.17, 15) is 19.3 Å². The van der Waals surface area contributed by atoms with Gasteiger partial charge in [-0.3, -0.25) is 14.9 Å². The van der Waals surface area contributed by atoms with E-state index in [1.807, 2.05) is 31.2 Å². The van der Waals surface area contributed by atoms with Crippen molar-refractivity contribution in [1.82, 2.24) is 14.8 Å². The summed E-state index contributed by atoms with van der Waals surface area (Å²) >= 11 is 1.18. The van der Waals surface area contributed by atoms with Crippen LogP contribution in [0.3, 0.4) is 0 Å². The first-order valence-corrected chi connectivity index (χ1v) is 9.16. The zero-order valence-electron chi connectivity index (χ0n) is 15.0. The van der Waals surface area contributed by atoms with Crippen LogP contribution in [-0.2, 0) is 11.8 Å². The number of aromatic nitrogens is 3. The normalized spacial score (nSPS) is 10.7. The molecule has 3 aromatic rings. The smallest absolute Gasteiger partial charge is 0.306 e. The van der Waals surface area contributed by atoms with Crippen molar-refractivity contribution in [2.75, 3.05) is 11.1 Å². The molecule has 3 rings (SSSR count). The quantitative estimate of drug-likeness (QED) is 0.385. The Morgan fingerprint density at radius 2 is 2.07 bits per heavy atom. The molecule has 0 spiro atoms. The lowest BCUT2D eigenvalue weighted by molar-refractivity contribution is -0.387. The number of amides is 1. The minimum Gasteiger partial charge on any atom is -0.325 e. The summed E-state index contributed by atoms with van der Waals surface area (Å²) in [4.78, 5) is 22.1. The molecule has 2 aromatic carbocycles. The van der Waals surface area contributed by atoms with Gasteiger partial charge in [-0.25, -0.2) is 0 Å². The molecular formula is C18H16FN5O3S. The first-order valence-electron chi connectivity index (χ1n) is 8.18. The van der Waals surface area contributed by atoms with Gasteiger partial charge in [0.15, 0.2) is 11.0 Å². The van der Waals surface area contributed by atoms with Crippen molar-refractivity contribution in [2.45, 2.75) is 12.1 Å². The summed E-state index contributed by atoms with van der Waals surface area (Å²) < 4.78 is 15.1. The Morgan fingerprint density at radius 1 is 1.29 bits per heavy atom. The number of nitro benzene ring substituents is 1. The molecule has 0 atom stereocenters. The lowest BCUT2D eigenvalue weighted by Gasteiger charge is -2.06. The molecule has 1 aromatic heterocycles. The first-order chi connectivity index (χ1) is 13.3. The van der Waals surface area contributed by atoms with Crippen molar-refractivity contribution in [2.24, 2.45) is 7.05 Å². The van der Waals surface area contributed by atoms with Crippen LogP contribution in [0.15, 0.2) is 47.6 Å². The van der Waals surface area contributed by atoms with Crippen LogP contribution in [0.25, 0.3) is 11.4 Å². The highest BCUT2D eigenvalue weighted by molar-refractivity contribution is 7.99. The summed E-state index contributed by atoms with van der Waals surface area (Å²) in [6, 6.07) is 11.0. The van der Waals surface area contributed by atoms with Crippen LogP contribution >= 0.6 is 11.8 Å². The largest absolute Gasteiger partial charge is 0.325 e. The Balaban J connectivity index is 1.66. The van der Waals surface area contributed by atoms with E-state index in [4.69, 9.17) is 0 Å². The summed E-state index contributed by atoms with van der Waals surface area (Å²) in [6.45, 7) is 1.99. The highest BCUT2D eigenvalue weighted by atomic mass is 32.2. The monoisotopic (exact) mass is 401 g/mol. The van der Waals surface area contributed by atoms with E-state index in [2.05, 4.69) is 15.5 Å². The van der Waals surface area contributed by atoms with Crippen LogP contribution < -0.4 is 5.32 Å². The highest BCUT2D eigenvalue weighted by Crippen LogP contribution is 2.24. The summed E-state index contributed by atoms with van der Waals surface area (Å²) in [6.07, 6.45) is 0. The van der Waals surface area contributed by atoms with Crippen molar-refractivity contribution >= 4 is 29.0 Å². The molecule has 1 amide bonds. The number of carbonyl (C=O) groups is 1. The molecule has 0 saturated carbocycles. The maximum atomic E-state index is 13.4. The van der Waals surface area contributed by atoms with Gasteiger partial charge in [-0.05, 0) is 25.1 Å². The third-order valence-corrected chi connectivity index (χ3v) is 4.89. The van der Waals surface area contributed by atoms with E-state index in [0.29, 0.717) is 11.0 Å². The molecule has 1 heterocycles. The lowest BCUT2D eigenvalue weighted by Crippen LogP contribution is -2.14. The maximum Gasteiger partial charge on any atom is 0.306 e. The first kappa shape index (κ1) is 19.5. The number of thioether (sulfide) groups is 1.